The first-order valence-electron chi connectivity index (χ1n) is 8.76. The number of carboxylic acid groups (broad SMARTS) is 1. The predicted molar refractivity (Wildman–Crippen MR) is 98.4 cm³/mol. The summed E-state index contributed by atoms with van der Waals surface area (Å²) in [6, 6.07) is 9.62. The summed E-state index contributed by atoms with van der Waals surface area (Å²) in [7, 11) is 0. The van der Waals surface area contributed by atoms with Gasteiger partial charge in [-0.15, -0.1) is 0 Å². The lowest BCUT2D eigenvalue weighted by atomic mass is 9.85. The van der Waals surface area contributed by atoms with Crippen LogP contribution in [-0.2, 0) is 11.3 Å². The molecule has 138 valence electrons. The summed E-state index contributed by atoms with van der Waals surface area (Å²) in [6.07, 6.45) is 2.69. The highest BCUT2D eigenvalue weighted by Gasteiger charge is 2.29. The number of hydrogen-bond acceptors (Lipinski definition) is 3. The van der Waals surface area contributed by atoms with Gasteiger partial charge in [-0.25, -0.2) is 4.68 Å². The van der Waals surface area contributed by atoms with E-state index < -0.39 is 11.9 Å². The van der Waals surface area contributed by atoms with Gasteiger partial charge >= 0.3 is 5.97 Å². The molecular weight excluding hydrogens is 354 g/mol. The van der Waals surface area contributed by atoms with Crippen molar-refractivity contribution in [3.63, 3.8) is 0 Å². The first-order chi connectivity index (χ1) is 12.5. The highest BCUT2D eigenvalue weighted by Crippen LogP contribution is 2.26. The molecule has 1 fully saturated rings. The average molecular weight is 376 g/mol. The number of carboxylic acids is 1. The van der Waals surface area contributed by atoms with Crippen molar-refractivity contribution < 1.29 is 14.7 Å². The molecule has 6 nitrogen and oxygen atoms in total. The van der Waals surface area contributed by atoms with Gasteiger partial charge < -0.3 is 10.4 Å². The first kappa shape index (κ1) is 18.5. The Bertz CT molecular complexity index is 804. The first-order valence-corrected chi connectivity index (χ1v) is 9.14. The van der Waals surface area contributed by atoms with E-state index in [1.165, 1.54) is 0 Å². The Morgan fingerprint density at radius 2 is 2.04 bits per heavy atom. The Hall–Kier alpha value is -2.34. The summed E-state index contributed by atoms with van der Waals surface area (Å²) in [5.41, 5.74) is 1.97. The van der Waals surface area contributed by atoms with E-state index >= 15 is 0 Å². The van der Waals surface area contributed by atoms with Gasteiger partial charge in [0.1, 0.15) is 5.15 Å². The maximum absolute atomic E-state index is 12.7. The zero-order valence-electron chi connectivity index (χ0n) is 14.6. The summed E-state index contributed by atoms with van der Waals surface area (Å²) in [5, 5.41) is 16.8. The van der Waals surface area contributed by atoms with Gasteiger partial charge in [0.15, 0.2) is 0 Å². The van der Waals surface area contributed by atoms with Crippen LogP contribution in [-0.4, -0.2) is 32.8 Å². The molecule has 7 heteroatoms. The summed E-state index contributed by atoms with van der Waals surface area (Å²) >= 11 is 6.42. The minimum absolute atomic E-state index is 0.148. The van der Waals surface area contributed by atoms with E-state index in [4.69, 9.17) is 11.6 Å². The number of aliphatic carboxylic acids is 1. The van der Waals surface area contributed by atoms with Crippen molar-refractivity contribution in [2.75, 3.05) is 0 Å². The molecule has 1 aliphatic carbocycles. The topological polar surface area (TPSA) is 84.2 Å². The van der Waals surface area contributed by atoms with E-state index in [1.807, 2.05) is 30.3 Å². The van der Waals surface area contributed by atoms with Gasteiger partial charge in [-0.05, 0) is 31.7 Å². The Balaban J connectivity index is 1.72. The molecule has 1 aromatic carbocycles. The summed E-state index contributed by atoms with van der Waals surface area (Å²) in [5.74, 6) is -1.48. The highest BCUT2D eigenvalue weighted by atomic mass is 35.5. The smallest absolute Gasteiger partial charge is 0.306 e. The van der Waals surface area contributed by atoms with E-state index in [1.54, 1.807) is 11.6 Å². The number of hydrogen-bond donors (Lipinski definition) is 2. The number of amides is 1. The number of halogens is 1. The maximum atomic E-state index is 12.7. The lowest BCUT2D eigenvalue weighted by Gasteiger charge is -2.27. The molecular formula is C19H22ClN3O3. The van der Waals surface area contributed by atoms with E-state index in [0.29, 0.717) is 35.8 Å². The number of carbonyl (C=O) groups is 2. The fourth-order valence-corrected chi connectivity index (χ4v) is 3.80. The highest BCUT2D eigenvalue weighted by molar-refractivity contribution is 6.33. The number of aryl methyl sites for hydroxylation is 1. The van der Waals surface area contributed by atoms with Gasteiger partial charge in [0.2, 0.25) is 0 Å². The molecule has 0 unspecified atom stereocenters. The van der Waals surface area contributed by atoms with Gasteiger partial charge in [-0.1, -0.05) is 48.4 Å². The van der Waals surface area contributed by atoms with Crippen molar-refractivity contribution >= 4 is 23.5 Å². The maximum Gasteiger partial charge on any atom is 0.306 e. The van der Waals surface area contributed by atoms with Crippen LogP contribution in [0.3, 0.4) is 0 Å². The molecule has 0 bridgehead atoms. The Kier molecular flexibility index (Phi) is 5.61. The van der Waals surface area contributed by atoms with Gasteiger partial charge in [0, 0.05) is 6.04 Å². The summed E-state index contributed by atoms with van der Waals surface area (Å²) in [4.78, 5) is 23.9. The van der Waals surface area contributed by atoms with Crippen LogP contribution in [0, 0.1) is 12.8 Å². The molecule has 1 aliphatic rings. The van der Waals surface area contributed by atoms with Gasteiger partial charge in [0.25, 0.3) is 5.91 Å². The van der Waals surface area contributed by atoms with E-state index in [9.17, 15) is 14.7 Å². The molecule has 1 aromatic heterocycles. The molecule has 3 rings (SSSR count). The van der Waals surface area contributed by atoms with Crippen molar-refractivity contribution in [2.45, 2.75) is 45.2 Å². The van der Waals surface area contributed by atoms with Gasteiger partial charge in [-0.3, -0.25) is 9.59 Å². The van der Waals surface area contributed by atoms with Crippen molar-refractivity contribution in [2.24, 2.45) is 5.92 Å². The number of rotatable bonds is 5. The third-order valence-electron chi connectivity index (χ3n) is 4.83. The molecule has 0 spiro atoms. The van der Waals surface area contributed by atoms with E-state index in [2.05, 4.69) is 10.4 Å². The Morgan fingerprint density at radius 1 is 1.31 bits per heavy atom. The quantitative estimate of drug-likeness (QED) is 0.840. The average Bonchev–Trinajstić information content (AvgIpc) is 2.89. The van der Waals surface area contributed by atoms with E-state index in [-0.39, 0.29) is 11.9 Å². The standard InChI is InChI=1S/C19H22ClN3O3/c1-12-16(17(20)23(22-12)11-13-6-3-2-4-7-13)18(24)21-15-9-5-8-14(10-15)19(25)26/h2-4,6-7,14-15H,5,8-11H2,1H3,(H,21,24)(H,25,26)/t14-,15+/m0/s1. The van der Waals surface area contributed by atoms with Gasteiger partial charge in [0.05, 0.1) is 23.7 Å². The number of aromatic nitrogens is 2. The molecule has 2 aromatic rings. The molecule has 0 aliphatic heterocycles. The third kappa shape index (κ3) is 4.07. The Labute approximate surface area is 157 Å². The van der Waals surface area contributed by atoms with Crippen LogP contribution in [0.5, 0.6) is 0 Å². The lowest BCUT2D eigenvalue weighted by molar-refractivity contribution is -0.143. The largest absolute Gasteiger partial charge is 0.481 e. The van der Waals surface area contributed by atoms with E-state index in [0.717, 1.165) is 18.4 Å². The summed E-state index contributed by atoms with van der Waals surface area (Å²) < 4.78 is 1.61. The van der Waals surface area contributed by atoms with Crippen LogP contribution in [0.4, 0.5) is 0 Å². The molecule has 1 heterocycles. The second-order valence-corrected chi connectivity index (χ2v) is 7.12. The second-order valence-electron chi connectivity index (χ2n) is 6.77. The van der Waals surface area contributed by atoms with Crippen LogP contribution >= 0.6 is 11.6 Å². The molecule has 2 atom stereocenters. The number of nitrogens with zero attached hydrogens (tertiary/aromatic N) is 2. The minimum Gasteiger partial charge on any atom is -0.481 e. The number of nitrogens with one attached hydrogen (secondary N) is 1. The van der Waals surface area contributed by atoms with Crippen LogP contribution in [0.1, 0.15) is 47.3 Å². The third-order valence-corrected chi connectivity index (χ3v) is 5.21. The SMILES string of the molecule is Cc1nn(Cc2ccccc2)c(Cl)c1C(=O)N[C@@H]1CCC[C@H](C(=O)O)C1. The minimum atomic E-state index is -0.797. The molecule has 2 N–H and O–H groups in total. The van der Waals surface area contributed by atoms with Gasteiger partial charge in [-0.2, -0.15) is 5.10 Å². The monoisotopic (exact) mass is 375 g/mol. The molecule has 0 radical (unpaired) electrons. The van der Waals surface area contributed by atoms with Crippen molar-refractivity contribution in [3.05, 3.63) is 52.3 Å². The number of carbonyl (C=O) groups excluding carboxylic acids is 1. The lowest BCUT2D eigenvalue weighted by Crippen LogP contribution is -2.40. The van der Waals surface area contributed by atoms with Crippen molar-refractivity contribution in [1.82, 2.24) is 15.1 Å². The zero-order chi connectivity index (χ0) is 18.7. The molecule has 1 amide bonds. The van der Waals surface area contributed by atoms with Crippen LogP contribution in [0.25, 0.3) is 0 Å². The van der Waals surface area contributed by atoms with Crippen LogP contribution < -0.4 is 5.32 Å². The fraction of sp³-hybridized carbons (Fsp3) is 0.421. The van der Waals surface area contributed by atoms with Crippen molar-refractivity contribution in [1.29, 1.82) is 0 Å². The molecule has 0 saturated heterocycles. The number of benzene rings is 1. The normalized spacial score (nSPS) is 19.9. The van der Waals surface area contributed by atoms with Crippen LogP contribution in [0.2, 0.25) is 5.15 Å². The molecule has 1 saturated carbocycles. The van der Waals surface area contributed by atoms with Crippen LogP contribution in [0.15, 0.2) is 30.3 Å². The summed E-state index contributed by atoms with van der Waals surface area (Å²) in [6.45, 7) is 2.24. The molecule has 26 heavy (non-hydrogen) atoms. The Morgan fingerprint density at radius 3 is 2.73 bits per heavy atom. The zero-order valence-corrected chi connectivity index (χ0v) is 15.4. The fourth-order valence-electron chi connectivity index (χ4n) is 3.48. The predicted octanol–water partition coefficient (Wildman–Crippen LogP) is 3.27. The second kappa shape index (κ2) is 7.91. The van der Waals surface area contributed by atoms with Crippen molar-refractivity contribution in [3.8, 4) is 0 Å².